The van der Waals surface area contributed by atoms with Crippen LogP contribution in [0.25, 0.3) is 22.0 Å². The predicted octanol–water partition coefficient (Wildman–Crippen LogP) is 2.77. The summed E-state index contributed by atoms with van der Waals surface area (Å²) in [4.78, 5) is 3.03. The van der Waals surface area contributed by atoms with E-state index in [4.69, 9.17) is 0 Å². The highest BCUT2D eigenvalue weighted by Gasteiger charge is 2.22. The standard InChI is InChI=1S/C17H17NO3S/c1-22(20,21)17-16(12-6-3-2-4-7-12)15-13(10-11-19)8-5-9-14(15)18-17/h2-9,18-19H,10-11H2,1H3. The molecule has 2 aromatic carbocycles. The summed E-state index contributed by atoms with van der Waals surface area (Å²) in [6.45, 7) is 0.0206. The van der Waals surface area contributed by atoms with Gasteiger partial charge in [0.25, 0.3) is 0 Å². The molecule has 0 bridgehead atoms. The van der Waals surface area contributed by atoms with Crippen LogP contribution in [-0.4, -0.2) is 31.4 Å². The summed E-state index contributed by atoms with van der Waals surface area (Å²) in [5.74, 6) is 0. The number of sulfone groups is 1. The number of hydrogen-bond acceptors (Lipinski definition) is 3. The molecule has 5 heteroatoms. The second kappa shape index (κ2) is 5.59. The Hall–Kier alpha value is -2.11. The van der Waals surface area contributed by atoms with Gasteiger partial charge in [-0.3, -0.25) is 0 Å². The molecule has 2 N–H and O–H groups in total. The minimum Gasteiger partial charge on any atom is -0.396 e. The van der Waals surface area contributed by atoms with E-state index >= 15 is 0 Å². The van der Waals surface area contributed by atoms with Crippen LogP contribution in [0.1, 0.15) is 5.56 Å². The van der Waals surface area contributed by atoms with Crippen molar-refractivity contribution in [3.8, 4) is 11.1 Å². The second-order valence-electron chi connectivity index (χ2n) is 5.28. The van der Waals surface area contributed by atoms with Crippen molar-refractivity contribution in [1.82, 2.24) is 4.98 Å². The molecule has 0 aliphatic heterocycles. The normalized spacial score (nSPS) is 11.9. The van der Waals surface area contributed by atoms with Gasteiger partial charge >= 0.3 is 0 Å². The van der Waals surface area contributed by atoms with Crippen LogP contribution >= 0.6 is 0 Å². The number of fused-ring (bicyclic) bond motifs is 1. The van der Waals surface area contributed by atoms with Gasteiger partial charge < -0.3 is 10.1 Å². The van der Waals surface area contributed by atoms with Crippen LogP contribution < -0.4 is 0 Å². The SMILES string of the molecule is CS(=O)(=O)c1[nH]c2cccc(CCO)c2c1-c1ccccc1. The van der Waals surface area contributed by atoms with E-state index in [-0.39, 0.29) is 11.6 Å². The van der Waals surface area contributed by atoms with E-state index < -0.39 is 9.84 Å². The molecule has 0 saturated carbocycles. The Morgan fingerprint density at radius 2 is 1.77 bits per heavy atom. The number of nitrogens with one attached hydrogen (secondary N) is 1. The number of H-pyrrole nitrogens is 1. The molecule has 0 amide bonds. The highest BCUT2D eigenvalue weighted by atomic mass is 32.2. The number of aliphatic hydroxyl groups excluding tert-OH is 1. The van der Waals surface area contributed by atoms with Gasteiger partial charge in [-0.25, -0.2) is 8.42 Å². The van der Waals surface area contributed by atoms with E-state index in [9.17, 15) is 13.5 Å². The smallest absolute Gasteiger partial charge is 0.191 e. The Kier molecular flexibility index (Phi) is 3.76. The topological polar surface area (TPSA) is 70.2 Å². The third-order valence-corrected chi connectivity index (χ3v) is 4.74. The molecule has 0 unspecified atom stereocenters. The molecule has 0 spiro atoms. The lowest BCUT2D eigenvalue weighted by molar-refractivity contribution is 0.300. The summed E-state index contributed by atoms with van der Waals surface area (Å²) in [5.41, 5.74) is 3.23. The first-order chi connectivity index (χ1) is 10.5. The summed E-state index contributed by atoms with van der Waals surface area (Å²) in [7, 11) is -3.39. The zero-order valence-electron chi connectivity index (χ0n) is 12.2. The number of benzene rings is 2. The summed E-state index contributed by atoms with van der Waals surface area (Å²) in [6.07, 6.45) is 1.69. The molecule has 1 aromatic heterocycles. The highest BCUT2D eigenvalue weighted by molar-refractivity contribution is 7.90. The summed E-state index contributed by atoms with van der Waals surface area (Å²) < 4.78 is 24.4. The van der Waals surface area contributed by atoms with Crippen molar-refractivity contribution in [2.45, 2.75) is 11.4 Å². The molecule has 3 aromatic rings. The number of aliphatic hydroxyl groups is 1. The summed E-state index contributed by atoms with van der Waals surface area (Å²) in [6, 6.07) is 15.1. The van der Waals surface area contributed by atoms with E-state index in [2.05, 4.69) is 4.98 Å². The van der Waals surface area contributed by atoms with Crippen molar-refractivity contribution in [2.24, 2.45) is 0 Å². The molecule has 114 valence electrons. The molecule has 22 heavy (non-hydrogen) atoms. The first kappa shape index (κ1) is 14.8. The quantitative estimate of drug-likeness (QED) is 0.778. The Morgan fingerprint density at radius 3 is 2.41 bits per heavy atom. The van der Waals surface area contributed by atoms with Gasteiger partial charge in [0, 0.05) is 29.3 Å². The molecule has 0 fully saturated rings. The van der Waals surface area contributed by atoms with Crippen LogP contribution in [0.4, 0.5) is 0 Å². The average molecular weight is 315 g/mol. The fourth-order valence-corrected chi connectivity index (χ4v) is 3.67. The van der Waals surface area contributed by atoms with Crippen molar-refractivity contribution in [3.63, 3.8) is 0 Å². The zero-order chi connectivity index (χ0) is 15.7. The lowest BCUT2D eigenvalue weighted by Gasteiger charge is -2.07. The van der Waals surface area contributed by atoms with Crippen LogP contribution in [0.2, 0.25) is 0 Å². The predicted molar refractivity (Wildman–Crippen MR) is 87.6 cm³/mol. The minimum atomic E-state index is -3.39. The fraction of sp³-hybridized carbons (Fsp3) is 0.176. The van der Waals surface area contributed by atoms with Gasteiger partial charge in [-0.15, -0.1) is 0 Å². The molecule has 1 heterocycles. The summed E-state index contributed by atoms with van der Waals surface area (Å²) in [5, 5.41) is 10.4. The van der Waals surface area contributed by atoms with Gasteiger partial charge in [0.1, 0.15) is 5.03 Å². The third-order valence-electron chi connectivity index (χ3n) is 3.69. The fourth-order valence-electron chi connectivity index (χ4n) is 2.79. The molecule has 3 rings (SSSR count). The Balaban J connectivity index is 2.44. The molecular formula is C17H17NO3S. The first-order valence-electron chi connectivity index (χ1n) is 7.02. The maximum Gasteiger partial charge on any atom is 0.191 e. The molecule has 0 saturated heterocycles. The number of rotatable bonds is 4. The number of aromatic nitrogens is 1. The molecule has 0 aliphatic rings. The van der Waals surface area contributed by atoms with Gasteiger partial charge in [0.2, 0.25) is 0 Å². The van der Waals surface area contributed by atoms with Gasteiger partial charge in [-0.1, -0.05) is 42.5 Å². The Morgan fingerprint density at radius 1 is 1.05 bits per heavy atom. The lowest BCUT2D eigenvalue weighted by Crippen LogP contribution is -1.99. The molecule has 4 nitrogen and oxygen atoms in total. The van der Waals surface area contributed by atoms with Crippen LogP contribution in [0, 0.1) is 0 Å². The number of hydrogen-bond donors (Lipinski definition) is 2. The van der Waals surface area contributed by atoms with Crippen molar-refractivity contribution < 1.29 is 13.5 Å². The first-order valence-corrected chi connectivity index (χ1v) is 8.91. The van der Waals surface area contributed by atoms with E-state index in [1.165, 1.54) is 6.26 Å². The Labute approximate surface area is 129 Å². The Bertz CT molecular complexity index is 912. The molecule has 0 radical (unpaired) electrons. The van der Waals surface area contributed by atoms with Crippen molar-refractivity contribution in [1.29, 1.82) is 0 Å². The van der Waals surface area contributed by atoms with E-state index in [0.717, 1.165) is 22.0 Å². The van der Waals surface area contributed by atoms with Crippen molar-refractivity contribution in [3.05, 3.63) is 54.1 Å². The maximum atomic E-state index is 12.2. The van der Waals surface area contributed by atoms with Crippen LogP contribution in [0.15, 0.2) is 53.6 Å². The average Bonchev–Trinajstić information content (AvgIpc) is 2.89. The van der Waals surface area contributed by atoms with Gasteiger partial charge in [0.15, 0.2) is 9.84 Å². The molecule has 0 atom stereocenters. The van der Waals surface area contributed by atoms with Gasteiger partial charge in [-0.2, -0.15) is 0 Å². The van der Waals surface area contributed by atoms with Crippen LogP contribution in [0.3, 0.4) is 0 Å². The molecule has 0 aliphatic carbocycles. The molecular weight excluding hydrogens is 298 g/mol. The van der Waals surface area contributed by atoms with Gasteiger partial charge in [-0.05, 0) is 23.6 Å². The maximum absolute atomic E-state index is 12.2. The van der Waals surface area contributed by atoms with E-state index in [1.54, 1.807) is 0 Å². The zero-order valence-corrected chi connectivity index (χ0v) is 13.0. The minimum absolute atomic E-state index is 0.0206. The third kappa shape index (κ3) is 2.53. The van der Waals surface area contributed by atoms with Crippen molar-refractivity contribution >= 4 is 20.7 Å². The van der Waals surface area contributed by atoms with E-state index in [1.807, 2.05) is 48.5 Å². The second-order valence-corrected chi connectivity index (χ2v) is 7.23. The lowest BCUT2D eigenvalue weighted by atomic mass is 9.99. The van der Waals surface area contributed by atoms with Crippen LogP contribution in [0.5, 0.6) is 0 Å². The van der Waals surface area contributed by atoms with Crippen molar-refractivity contribution in [2.75, 3.05) is 12.9 Å². The number of aromatic amines is 1. The monoisotopic (exact) mass is 315 g/mol. The largest absolute Gasteiger partial charge is 0.396 e. The highest BCUT2D eigenvalue weighted by Crippen LogP contribution is 2.37. The van der Waals surface area contributed by atoms with E-state index in [0.29, 0.717) is 12.0 Å². The van der Waals surface area contributed by atoms with Crippen LogP contribution in [-0.2, 0) is 16.3 Å². The van der Waals surface area contributed by atoms with Gasteiger partial charge in [0.05, 0.1) is 0 Å². The summed E-state index contributed by atoms with van der Waals surface area (Å²) >= 11 is 0.